The van der Waals surface area contributed by atoms with E-state index in [-0.39, 0.29) is 29.7 Å². The number of hydrogen-bond acceptors (Lipinski definition) is 4. The van der Waals surface area contributed by atoms with E-state index in [2.05, 4.69) is 5.32 Å². The topological polar surface area (TPSA) is 50.7 Å². The Hall–Kier alpha value is -3.74. The Bertz CT molecular complexity index is 1260. The van der Waals surface area contributed by atoms with Gasteiger partial charge in [0.1, 0.15) is 24.0 Å². The molecule has 0 spiro atoms. The van der Waals surface area contributed by atoms with E-state index in [9.17, 15) is 13.9 Å². The summed E-state index contributed by atoms with van der Waals surface area (Å²) in [5.74, 6) is -0.147. The van der Waals surface area contributed by atoms with Gasteiger partial charge in [0.2, 0.25) is 0 Å². The molecule has 1 aliphatic rings. The third-order valence-electron chi connectivity index (χ3n) is 6.76. The van der Waals surface area contributed by atoms with E-state index >= 15 is 0 Å². The van der Waals surface area contributed by atoms with Crippen molar-refractivity contribution in [3.63, 3.8) is 0 Å². The molecule has 190 valence electrons. The number of nitrogens with one attached hydrogen (secondary N) is 1. The maximum absolute atomic E-state index is 13.5. The summed E-state index contributed by atoms with van der Waals surface area (Å²) < 4.78 is 38.8. The van der Waals surface area contributed by atoms with E-state index < -0.39 is 6.29 Å². The van der Waals surface area contributed by atoms with Gasteiger partial charge in [0.05, 0.1) is 12.1 Å². The van der Waals surface area contributed by atoms with Crippen LogP contribution in [0.25, 0.3) is 0 Å². The first-order chi connectivity index (χ1) is 18.0. The molecule has 1 aliphatic heterocycles. The van der Waals surface area contributed by atoms with Gasteiger partial charge < -0.3 is 19.9 Å². The summed E-state index contributed by atoms with van der Waals surface area (Å²) in [4.78, 5) is 0. The van der Waals surface area contributed by atoms with Crippen molar-refractivity contribution < 1.29 is 23.4 Å². The summed E-state index contributed by atoms with van der Waals surface area (Å²) in [6, 6.07) is 29.8. The molecule has 0 amide bonds. The van der Waals surface area contributed by atoms with Gasteiger partial charge in [-0.3, -0.25) is 0 Å². The third-order valence-corrected chi connectivity index (χ3v) is 6.76. The monoisotopic (exact) mass is 501 g/mol. The van der Waals surface area contributed by atoms with Crippen LogP contribution in [0.2, 0.25) is 0 Å². The summed E-state index contributed by atoms with van der Waals surface area (Å²) >= 11 is 0. The van der Waals surface area contributed by atoms with Crippen molar-refractivity contribution in [3.05, 3.63) is 131 Å². The molecule has 0 aromatic heterocycles. The molecule has 0 bridgehead atoms. The van der Waals surface area contributed by atoms with Gasteiger partial charge in [0.15, 0.2) is 6.29 Å². The van der Waals surface area contributed by atoms with Crippen LogP contribution in [-0.4, -0.2) is 11.4 Å². The van der Waals surface area contributed by atoms with Crippen molar-refractivity contribution in [1.82, 2.24) is 0 Å². The van der Waals surface area contributed by atoms with Crippen LogP contribution in [0.1, 0.15) is 41.7 Å². The molecular formula is C31H29F2NO3. The molecule has 0 saturated carbocycles. The highest BCUT2D eigenvalue weighted by molar-refractivity contribution is 5.46. The van der Waals surface area contributed by atoms with Crippen molar-refractivity contribution in [2.75, 3.05) is 5.32 Å². The molecule has 2 N–H and O–H groups in total. The minimum absolute atomic E-state index is 0.266. The number of hydrogen-bond donors (Lipinski definition) is 2. The van der Waals surface area contributed by atoms with Crippen molar-refractivity contribution in [2.45, 2.75) is 37.9 Å². The fraction of sp³-hybridized carbons (Fsp3) is 0.226. The van der Waals surface area contributed by atoms with Crippen LogP contribution < -0.4 is 10.1 Å². The van der Waals surface area contributed by atoms with Crippen LogP contribution in [0.5, 0.6) is 5.75 Å². The van der Waals surface area contributed by atoms with E-state index in [0.717, 1.165) is 28.1 Å². The number of halogens is 2. The second-order valence-corrected chi connectivity index (χ2v) is 9.28. The van der Waals surface area contributed by atoms with Gasteiger partial charge in [-0.15, -0.1) is 0 Å². The standard InChI is InChI=1S/C31H29F2NO3/c32-24-10-6-22(7-11-24)29-19-18-28(31(35)37-29)30(34-26-14-12-25(33)13-15-26)23-8-16-27(17-9-23)36-20-21-4-2-1-3-5-21/h1-17,28-31,34-35H,18-20H2/t28-,29-,30-,31?/m1/s1. The Balaban J connectivity index is 1.33. The average Bonchev–Trinajstić information content (AvgIpc) is 2.93. The first-order valence-corrected chi connectivity index (χ1v) is 12.4. The molecule has 4 aromatic rings. The van der Waals surface area contributed by atoms with Crippen LogP contribution in [0.15, 0.2) is 103 Å². The lowest BCUT2D eigenvalue weighted by molar-refractivity contribution is -0.199. The van der Waals surface area contributed by atoms with Crippen LogP contribution in [0.4, 0.5) is 14.5 Å². The number of rotatable bonds is 8. The summed E-state index contributed by atoms with van der Waals surface area (Å²) in [5, 5.41) is 14.5. The predicted molar refractivity (Wildman–Crippen MR) is 139 cm³/mol. The minimum Gasteiger partial charge on any atom is -0.489 e. The number of aliphatic hydroxyl groups excluding tert-OH is 1. The van der Waals surface area contributed by atoms with E-state index in [1.165, 1.54) is 24.3 Å². The lowest BCUT2D eigenvalue weighted by Gasteiger charge is -2.39. The van der Waals surface area contributed by atoms with Crippen LogP contribution in [-0.2, 0) is 11.3 Å². The Morgan fingerprint density at radius 3 is 2.11 bits per heavy atom. The van der Waals surface area contributed by atoms with Gasteiger partial charge in [0.25, 0.3) is 0 Å². The van der Waals surface area contributed by atoms with Crippen molar-refractivity contribution in [2.24, 2.45) is 5.92 Å². The molecule has 0 aliphatic carbocycles. The zero-order chi connectivity index (χ0) is 25.6. The zero-order valence-corrected chi connectivity index (χ0v) is 20.3. The molecule has 5 rings (SSSR count). The Morgan fingerprint density at radius 1 is 0.811 bits per heavy atom. The number of anilines is 1. The summed E-state index contributed by atoms with van der Waals surface area (Å²) in [5.41, 5.74) is 3.61. The van der Waals surface area contributed by atoms with E-state index in [1.54, 1.807) is 24.3 Å². The molecule has 1 saturated heterocycles. The highest BCUT2D eigenvalue weighted by Gasteiger charge is 2.36. The van der Waals surface area contributed by atoms with Gasteiger partial charge in [-0.05, 0) is 78.1 Å². The maximum atomic E-state index is 13.5. The van der Waals surface area contributed by atoms with Crippen LogP contribution in [0.3, 0.4) is 0 Å². The van der Waals surface area contributed by atoms with Crippen LogP contribution >= 0.6 is 0 Å². The largest absolute Gasteiger partial charge is 0.489 e. The van der Waals surface area contributed by atoms with Gasteiger partial charge in [-0.1, -0.05) is 54.6 Å². The number of ether oxygens (including phenoxy) is 2. The highest BCUT2D eigenvalue weighted by atomic mass is 19.1. The molecule has 1 fully saturated rings. The summed E-state index contributed by atoms with van der Waals surface area (Å²) in [6.07, 6.45) is -0.00971. The Labute approximate surface area is 215 Å². The van der Waals surface area contributed by atoms with E-state index in [1.807, 2.05) is 54.6 Å². The fourth-order valence-electron chi connectivity index (χ4n) is 4.75. The summed E-state index contributed by atoms with van der Waals surface area (Å²) in [7, 11) is 0. The van der Waals surface area contributed by atoms with Gasteiger partial charge >= 0.3 is 0 Å². The van der Waals surface area contributed by atoms with Gasteiger partial charge in [-0.25, -0.2) is 8.78 Å². The molecule has 6 heteroatoms. The van der Waals surface area contributed by atoms with Crippen molar-refractivity contribution >= 4 is 5.69 Å². The first-order valence-electron chi connectivity index (χ1n) is 12.4. The van der Waals surface area contributed by atoms with Crippen molar-refractivity contribution in [1.29, 1.82) is 0 Å². The average molecular weight is 502 g/mol. The SMILES string of the molecule is OC1O[C@@H](c2ccc(F)cc2)CC[C@@H]1[C@H](Nc1ccc(F)cc1)c1ccc(OCc2ccccc2)cc1. The second-order valence-electron chi connectivity index (χ2n) is 9.28. The fourth-order valence-corrected chi connectivity index (χ4v) is 4.75. The number of benzene rings is 4. The lowest BCUT2D eigenvalue weighted by atomic mass is 9.84. The first kappa shape index (κ1) is 24.9. The van der Waals surface area contributed by atoms with Gasteiger partial charge in [-0.2, -0.15) is 0 Å². The quantitative estimate of drug-likeness (QED) is 0.268. The summed E-state index contributed by atoms with van der Waals surface area (Å²) in [6.45, 7) is 0.470. The predicted octanol–water partition coefficient (Wildman–Crippen LogP) is 7.18. The smallest absolute Gasteiger partial charge is 0.160 e. The van der Waals surface area contributed by atoms with E-state index in [4.69, 9.17) is 9.47 Å². The molecule has 4 atom stereocenters. The molecule has 1 unspecified atom stereocenters. The normalized spacial score (nSPS) is 20.2. The van der Waals surface area contributed by atoms with E-state index in [0.29, 0.717) is 19.4 Å². The molecule has 1 heterocycles. The molecular weight excluding hydrogens is 472 g/mol. The third kappa shape index (κ3) is 6.34. The maximum Gasteiger partial charge on any atom is 0.160 e. The Kier molecular flexibility index (Phi) is 7.78. The second kappa shape index (κ2) is 11.5. The highest BCUT2D eigenvalue weighted by Crippen LogP contribution is 2.41. The van der Waals surface area contributed by atoms with Gasteiger partial charge in [0, 0.05) is 11.6 Å². The Morgan fingerprint density at radius 2 is 1.46 bits per heavy atom. The number of aliphatic hydroxyl groups is 1. The molecule has 0 radical (unpaired) electrons. The molecule has 37 heavy (non-hydrogen) atoms. The molecule has 4 nitrogen and oxygen atoms in total. The van der Waals surface area contributed by atoms with Crippen LogP contribution in [0, 0.1) is 17.6 Å². The minimum atomic E-state index is -1.05. The lowest BCUT2D eigenvalue weighted by Crippen LogP contribution is -2.37. The molecule has 4 aromatic carbocycles. The van der Waals surface area contributed by atoms with Crippen molar-refractivity contribution in [3.8, 4) is 5.75 Å². The zero-order valence-electron chi connectivity index (χ0n) is 20.3.